The fraction of sp³-hybridized carbons (Fsp3) is 0.360. The molecule has 0 spiro atoms. The molecule has 0 saturated heterocycles. The van der Waals surface area contributed by atoms with Crippen LogP contribution >= 0.6 is 11.6 Å². The molecule has 5 rings (SSSR count). The minimum absolute atomic E-state index is 0.0487. The van der Waals surface area contributed by atoms with E-state index in [1.165, 1.54) is 16.8 Å². The van der Waals surface area contributed by atoms with Crippen molar-refractivity contribution in [2.45, 2.75) is 43.0 Å². The molecule has 3 aromatic rings. The summed E-state index contributed by atoms with van der Waals surface area (Å²) in [5.74, 6) is -1.04. The van der Waals surface area contributed by atoms with Gasteiger partial charge in [-0.2, -0.15) is 4.31 Å². The van der Waals surface area contributed by atoms with E-state index in [9.17, 15) is 18.3 Å². The maximum atomic E-state index is 14.0. The average molecular weight is 516 g/mol. The quantitative estimate of drug-likeness (QED) is 0.495. The number of aromatic carboxylic acids is 1. The van der Waals surface area contributed by atoms with Crippen molar-refractivity contribution in [3.8, 4) is 11.5 Å². The summed E-state index contributed by atoms with van der Waals surface area (Å²) in [7, 11) is -2.26. The predicted molar refractivity (Wildman–Crippen MR) is 133 cm³/mol. The minimum atomic E-state index is -3.91. The van der Waals surface area contributed by atoms with Crippen LogP contribution in [0.2, 0.25) is 5.02 Å². The Morgan fingerprint density at radius 2 is 1.86 bits per heavy atom. The lowest BCUT2D eigenvalue weighted by atomic mass is 9.83. The molecule has 10 heteroatoms. The molecule has 184 valence electrons. The molecule has 1 N–H and O–H groups in total. The molecular weight excluding hydrogens is 490 g/mol. The first-order valence-corrected chi connectivity index (χ1v) is 13.4. The molecule has 1 fully saturated rings. The standard InChI is InChI=1S/C25H26ClN3O5S/c1-28-22(16-8-4-2-5-9-16)14-29(17-10-6-3-7-11-17)21-13-19(26)18(12-23(21)35(28,32)33)24-27-20(15-34-24)25(30)31/h3,6-7,10-13,15-16,22H,2,4-5,8-9,14H2,1H3,(H,30,31)/t22-/m0/s1. The van der Waals surface area contributed by atoms with Crippen molar-refractivity contribution in [2.75, 3.05) is 18.5 Å². The molecule has 0 amide bonds. The maximum absolute atomic E-state index is 14.0. The van der Waals surface area contributed by atoms with Gasteiger partial charge in [-0.1, -0.05) is 49.1 Å². The number of fused-ring (bicyclic) bond motifs is 1. The molecule has 1 aliphatic carbocycles. The van der Waals surface area contributed by atoms with Gasteiger partial charge in [-0.25, -0.2) is 18.2 Å². The second-order valence-corrected chi connectivity index (χ2v) is 11.4. The molecular formula is C25H26ClN3O5S. The number of carboxylic acids is 1. The molecule has 2 aromatic carbocycles. The van der Waals surface area contributed by atoms with Gasteiger partial charge in [-0.3, -0.25) is 0 Å². The number of oxazole rings is 1. The Morgan fingerprint density at radius 1 is 1.14 bits per heavy atom. The van der Waals surface area contributed by atoms with Crippen LogP contribution < -0.4 is 4.90 Å². The van der Waals surface area contributed by atoms with Crippen molar-refractivity contribution < 1.29 is 22.7 Å². The fourth-order valence-electron chi connectivity index (χ4n) is 5.17. The molecule has 1 aliphatic heterocycles. The van der Waals surface area contributed by atoms with Gasteiger partial charge in [0, 0.05) is 25.3 Å². The monoisotopic (exact) mass is 515 g/mol. The summed E-state index contributed by atoms with van der Waals surface area (Å²) in [5.41, 5.74) is 1.28. The second kappa shape index (κ2) is 9.29. The SMILES string of the molecule is CN1[C@H](C2CCCCC2)CN(c2ccccc2)c2cc(Cl)c(-c3nc(C(=O)O)co3)cc2S1(=O)=O. The Bertz CT molecular complexity index is 1350. The Balaban J connectivity index is 1.69. The smallest absolute Gasteiger partial charge is 0.357 e. The summed E-state index contributed by atoms with van der Waals surface area (Å²) < 4.78 is 34.8. The summed E-state index contributed by atoms with van der Waals surface area (Å²) in [6.45, 7) is 0.495. The Labute approximate surface area is 209 Å². The van der Waals surface area contributed by atoms with Crippen molar-refractivity contribution in [2.24, 2.45) is 5.92 Å². The predicted octanol–water partition coefficient (Wildman–Crippen LogP) is 5.41. The van der Waals surface area contributed by atoms with Gasteiger partial charge in [-0.05, 0) is 43.0 Å². The average Bonchev–Trinajstić information content (AvgIpc) is 3.33. The summed E-state index contributed by atoms with van der Waals surface area (Å²) in [6.07, 6.45) is 6.36. The van der Waals surface area contributed by atoms with Crippen molar-refractivity contribution >= 4 is 39.0 Å². The first-order valence-electron chi connectivity index (χ1n) is 11.6. The number of anilines is 2. The van der Waals surface area contributed by atoms with Gasteiger partial charge >= 0.3 is 5.97 Å². The van der Waals surface area contributed by atoms with E-state index in [4.69, 9.17) is 16.0 Å². The number of halogens is 1. The van der Waals surface area contributed by atoms with Crippen LogP contribution in [0.15, 0.2) is 58.0 Å². The van der Waals surface area contributed by atoms with Gasteiger partial charge in [0.05, 0.1) is 16.3 Å². The number of hydrogen-bond donors (Lipinski definition) is 1. The lowest BCUT2D eigenvalue weighted by molar-refractivity contribution is 0.0690. The number of sulfonamides is 1. The molecule has 1 aromatic heterocycles. The number of aromatic nitrogens is 1. The van der Waals surface area contributed by atoms with E-state index in [0.717, 1.165) is 37.6 Å². The van der Waals surface area contributed by atoms with E-state index in [1.54, 1.807) is 13.1 Å². The third-order valence-electron chi connectivity index (χ3n) is 7.05. The zero-order valence-corrected chi connectivity index (χ0v) is 20.8. The summed E-state index contributed by atoms with van der Waals surface area (Å²) >= 11 is 6.62. The molecule has 2 aliphatic rings. The van der Waals surface area contributed by atoms with E-state index in [2.05, 4.69) is 4.98 Å². The van der Waals surface area contributed by atoms with Crippen LogP contribution in [0.25, 0.3) is 11.5 Å². The highest BCUT2D eigenvalue weighted by atomic mass is 35.5. The Kier molecular flexibility index (Phi) is 6.33. The highest BCUT2D eigenvalue weighted by Gasteiger charge is 2.41. The first-order chi connectivity index (χ1) is 16.8. The van der Waals surface area contributed by atoms with Crippen LogP contribution in [0.1, 0.15) is 42.6 Å². The number of hydrogen-bond acceptors (Lipinski definition) is 6. The van der Waals surface area contributed by atoms with Crippen molar-refractivity contribution in [1.82, 2.24) is 9.29 Å². The van der Waals surface area contributed by atoms with Crippen LogP contribution in [0.5, 0.6) is 0 Å². The zero-order chi connectivity index (χ0) is 24.7. The first kappa shape index (κ1) is 23.8. The number of para-hydroxylation sites is 1. The van der Waals surface area contributed by atoms with Crippen LogP contribution in [0, 0.1) is 5.92 Å². The minimum Gasteiger partial charge on any atom is -0.476 e. The van der Waals surface area contributed by atoms with E-state index < -0.39 is 16.0 Å². The molecule has 35 heavy (non-hydrogen) atoms. The molecule has 0 bridgehead atoms. The molecule has 0 unspecified atom stereocenters. The third-order valence-corrected chi connectivity index (χ3v) is 9.27. The van der Waals surface area contributed by atoms with Crippen LogP contribution in [0.4, 0.5) is 11.4 Å². The normalized spacial score (nSPS) is 20.9. The second-order valence-electron chi connectivity index (χ2n) is 9.08. The highest BCUT2D eigenvalue weighted by molar-refractivity contribution is 7.89. The van der Waals surface area contributed by atoms with E-state index in [0.29, 0.717) is 12.2 Å². The summed E-state index contributed by atoms with van der Waals surface area (Å²) in [6, 6.07) is 12.5. The highest BCUT2D eigenvalue weighted by Crippen LogP contribution is 2.44. The third kappa shape index (κ3) is 4.32. The van der Waals surface area contributed by atoms with Gasteiger partial charge in [0.25, 0.3) is 0 Å². The molecule has 2 heterocycles. The summed E-state index contributed by atoms with van der Waals surface area (Å²) in [5, 5.41) is 9.43. The molecule has 8 nitrogen and oxygen atoms in total. The van der Waals surface area contributed by atoms with E-state index in [-0.39, 0.29) is 39.0 Å². The largest absolute Gasteiger partial charge is 0.476 e. The Morgan fingerprint density at radius 3 is 2.51 bits per heavy atom. The number of likely N-dealkylation sites (N-methyl/N-ethyl adjacent to an activating group) is 1. The fourth-order valence-corrected chi connectivity index (χ4v) is 7.02. The van der Waals surface area contributed by atoms with Crippen LogP contribution in [0.3, 0.4) is 0 Å². The Hall–Kier alpha value is -2.88. The molecule has 1 saturated carbocycles. The van der Waals surface area contributed by atoms with E-state index in [1.807, 2.05) is 35.2 Å². The van der Waals surface area contributed by atoms with Crippen molar-refractivity contribution in [1.29, 1.82) is 0 Å². The van der Waals surface area contributed by atoms with Crippen LogP contribution in [-0.4, -0.2) is 48.4 Å². The zero-order valence-electron chi connectivity index (χ0n) is 19.2. The summed E-state index contributed by atoms with van der Waals surface area (Å²) in [4.78, 5) is 17.3. The molecule has 0 radical (unpaired) electrons. The van der Waals surface area contributed by atoms with Crippen LogP contribution in [-0.2, 0) is 10.0 Å². The number of carboxylic acid groups (broad SMARTS) is 1. The molecule has 1 atom stereocenters. The van der Waals surface area contributed by atoms with Gasteiger partial charge in [-0.15, -0.1) is 0 Å². The van der Waals surface area contributed by atoms with Crippen molar-refractivity contribution in [3.63, 3.8) is 0 Å². The van der Waals surface area contributed by atoms with Crippen molar-refractivity contribution in [3.05, 3.63) is 59.4 Å². The van der Waals surface area contributed by atoms with E-state index >= 15 is 0 Å². The maximum Gasteiger partial charge on any atom is 0.357 e. The lowest BCUT2D eigenvalue weighted by Crippen LogP contribution is -2.46. The van der Waals surface area contributed by atoms with Gasteiger partial charge in [0.15, 0.2) is 5.69 Å². The topological polar surface area (TPSA) is 104 Å². The number of benzene rings is 2. The van der Waals surface area contributed by atoms with Gasteiger partial charge in [0.1, 0.15) is 11.2 Å². The number of rotatable bonds is 4. The van der Waals surface area contributed by atoms with Gasteiger partial charge in [0.2, 0.25) is 15.9 Å². The number of nitrogens with zero attached hydrogens (tertiary/aromatic N) is 3. The number of carbonyl (C=O) groups is 1. The van der Waals surface area contributed by atoms with Gasteiger partial charge < -0.3 is 14.4 Å². The lowest BCUT2D eigenvalue weighted by Gasteiger charge is -2.36.